The highest BCUT2D eigenvalue weighted by Gasteiger charge is 2.47. The summed E-state index contributed by atoms with van der Waals surface area (Å²) in [6, 6.07) is 0. The molecule has 1 saturated heterocycles. The van der Waals surface area contributed by atoms with Gasteiger partial charge in [0.15, 0.2) is 5.79 Å². The smallest absolute Gasteiger partial charge is 0.164 e. The molecular weight excluding hydrogens is 212 g/mol. The summed E-state index contributed by atoms with van der Waals surface area (Å²) in [6.07, 6.45) is -0.923. The van der Waals surface area contributed by atoms with Crippen molar-refractivity contribution in [3.63, 3.8) is 0 Å². The lowest BCUT2D eigenvalue weighted by molar-refractivity contribution is -0.162. The maximum Gasteiger partial charge on any atom is 0.164 e. The summed E-state index contributed by atoms with van der Waals surface area (Å²) in [6.45, 7) is 3.37. The molecule has 5 nitrogen and oxygen atoms in total. The van der Waals surface area contributed by atoms with E-state index in [0.29, 0.717) is 5.57 Å². The number of fused-ring (bicyclic) bond motifs is 1. The van der Waals surface area contributed by atoms with Crippen molar-refractivity contribution in [3.05, 3.63) is 11.6 Å². The Morgan fingerprint density at radius 3 is 2.69 bits per heavy atom. The van der Waals surface area contributed by atoms with Crippen LogP contribution in [0.5, 0.6) is 0 Å². The van der Waals surface area contributed by atoms with E-state index in [4.69, 9.17) is 14.6 Å². The number of aliphatic hydroxyl groups excluding tert-OH is 3. The van der Waals surface area contributed by atoms with E-state index >= 15 is 0 Å². The molecule has 0 radical (unpaired) electrons. The molecule has 2 rings (SSSR count). The first-order chi connectivity index (χ1) is 7.43. The van der Waals surface area contributed by atoms with Crippen molar-refractivity contribution in [2.75, 3.05) is 6.61 Å². The van der Waals surface area contributed by atoms with Crippen LogP contribution in [0.15, 0.2) is 11.6 Å². The van der Waals surface area contributed by atoms with Crippen molar-refractivity contribution in [1.29, 1.82) is 0 Å². The van der Waals surface area contributed by atoms with Crippen LogP contribution in [0.4, 0.5) is 0 Å². The van der Waals surface area contributed by atoms with Gasteiger partial charge in [0.2, 0.25) is 0 Å². The Balaban J connectivity index is 2.26. The fraction of sp³-hybridized carbons (Fsp3) is 0.818. The molecule has 0 bridgehead atoms. The first kappa shape index (κ1) is 12.0. The molecule has 16 heavy (non-hydrogen) atoms. The zero-order valence-corrected chi connectivity index (χ0v) is 9.46. The minimum atomic E-state index is -0.993. The van der Waals surface area contributed by atoms with Crippen LogP contribution in [0, 0.1) is 0 Å². The molecule has 0 aromatic carbocycles. The number of ether oxygens (including phenoxy) is 2. The lowest BCUT2D eigenvalue weighted by Gasteiger charge is -2.23. The van der Waals surface area contributed by atoms with Gasteiger partial charge in [0.25, 0.3) is 0 Å². The molecule has 3 N–H and O–H groups in total. The quantitative estimate of drug-likeness (QED) is 0.532. The van der Waals surface area contributed by atoms with Crippen molar-refractivity contribution in [3.8, 4) is 0 Å². The molecule has 1 aliphatic heterocycles. The predicted molar refractivity (Wildman–Crippen MR) is 55.6 cm³/mol. The van der Waals surface area contributed by atoms with Crippen molar-refractivity contribution in [2.45, 2.75) is 50.5 Å². The molecule has 0 aromatic rings. The molecule has 0 aromatic heterocycles. The van der Waals surface area contributed by atoms with E-state index in [9.17, 15) is 10.2 Å². The van der Waals surface area contributed by atoms with Crippen molar-refractivity contribution >= 4 is 0 Å². The highest BCUT2D eigenvalue weighted by Crippen LogP contribution is 2.35. The van der Waals surface area contributed by atoms with Crippen LogP contribution in [0.3, 0.4) is 0 Å². The van der Waals surface area contributed by atoms with Gasteiger partial charge in [0.05, 0.1) is 12.7 Å². The molecule has 0 spiro atoms. The van der Waals surface area contributed by atoms with Crippen molar-refractivity contribution in [1.82, 2.24) is 0 Å². The van der Waals surface area contributed by atoms with E-state index < -0.39 is 30.2 Å². The van der Waals surface area contributed by atoms with Gasteiger partial charge in [-0.1, -0.05) is 6.08 Å². The average molecular weight is 230 g/mol. The molecule has 2 aliphatic rings. The van der Waals surface area contributed by atoms with Gasteiger partial charge in [0.1, 0.15) is 18.3 Å². The van der Waals surface area contributed by atoms with E-state index in [1.54, 1.807) is 19.9 Å². The second-order valence-corrected chi connectivity index (χ2v) is 4.81. The molecule has 4 atom stereocenters. The first-order valence-electron chi connectivity index (χ1n) is 5.45. The lowest BCUT2D eigenvalue weighted by atomic mass is 10.0. The van der Waals surface area contributed by atoms with Gasteiger partial charge in [-0.05, 0) is 25.8 Å². The molecule has 1 unspecified atom stereocenters. The van der Waals surface area contributed by atoms with E-state index in [1.165, 1.54) is 0 Å². The molecule has 0 saturated carbocycles. The average Bonchev–Trinajstić information content (AvgIpc) is 2.46. The van der Waals surface area contributed by atoms with Gasteiger partial charge in [-0.25, -0.2) is 0 Å². The Labute approximate surface area is 94.3 Å². The second kappa shape index (κ2) is 4.09. The Morgan fingerprint density at radius 2 is 2.06 bits per heavy atom. The number of hydrogen-bond acceptors (Lipinski definition) is 5. The second-order valence-electron chi connectivity index (χ2n) is 4.81. The third kappa shape index (κ3) is 2.14. The molecule has 5 heteroatoms. The summed E-state index contributed by atoms with van der Waals surface area (Å²) in [5, 5.41) is 28.8. The van der Waals surface area contributed by atoms with E-state index in [2.05, 4.69) is 0 Å². The summed E-state index contributed by atoms with van der Waals surface area (Å²) in [5.74, 6) is -0.773. The maximum absolute atomic E-state index is 9.90. The van der Waals surface area contributed by atoms with Crippen LogP contribution in [-0.4, -0.2) is 52.1 Å². The molecular formula is C11H18O5. The first-order valence-corrected chi connectivity index (χ1v) is 5.45. The number of rotatable bonds is 1. The van der Waals surface area contributed by atoms with Crippen LogP contribution in [0.2, 0.25) is 0 Å². The third-order valence-corrected chi connectivity index (χ3v) is 2.97. The lowest BCUT2D eigenvalue weighted by Crippen LogP contribution is -2.41. The predicted octanol–water partition coefficient (Wildman–Crippen LogP) is -0.449. The third-order valence-electron chi connectivity index (χ3n) is 2.97. The molecule has 92 valence electrons. The highest BCUT2D eigenvalue weighted by molar-refractivity contribution is 5.15. The van der Waals surface area contributed by atoms with E-state index in [-0.39, 0.29) is 13.0 Å². The minimum absolute atomic E-state index is 0.142. The Hall–Kier alpha value is -0.460. The minimum Gasteiger partial charge on any atom is -0.392 e. The fourth-order valence-electron chi connectivity index (χ4n) is 2.24. The highest BCUT2D eigenvalue weighted by atomic mass is 16.8. The molecule has 1 aliphatic carbocycles. The normalized spacial score (nSPS) is 42.4. The Kier molecular flexibility index (Phi) is 3.07. The van der Waals surface area contributed by atoms with Gasteiger partial charge in [-0.15, -0.1) is 0 Å². The van der Waals surface area contributed by atoms with Crippen LogP contribution in [0.25, 0.3) is 0 Å². The summed E-state index contributed by atoms with van der Waals surface area (Å²) in [4.78, 5) is 0. The van der Waals surface area contributed by atoms with E-state index in [1.807, 2.05) is 0 Å². The van der Waals surface area contributed by atoms with Crippen molar-refractivity contribution in [2.24, 2.45) is 0 Å². The van der Waals surface area contributed by atoms with Crippen LogP contribution in [0.1, 0.15) is 20.3 Å². The number of aliphatic hydroxyl groups is 3. The monoisotopic (exact) mass is 230 g/mol. The zero-order valence-electron chi connectivity index (χ0n) is 9.46. The van der Waals surface area contributed by atoms with Gasteiger partial charge in [0, 0.05) is 0 Å². The van der Waals surface area contributed by atoms with E-state index in [0.717, 1.165) is 0 Å². The van der Waals surface area contributed by atoms with Crippen molar-refractivity contribution < 1.29 is 24.8 Å². The van der Waals surface area contributed by atoms with Gasteiger partial charge in [-0.2, -0.15) is 0 Å². The Morgan fingerprint density at radius 1 is 1.38 bits per heavy atom. The molecule has 1 fully saturated rings. The van der Waals surface area contributed by atoms with Gasteiger partial charge >= 0.3 is 0 Å². The molecule has 1 heterocycles. The zero-order chi connectivity index (χ0) is 11.9. The largest absolute Gasteiger partial charge is 0.392 e. The fourth-order valence-corrected chi connectivity index (χ4v) is 2.24. The number of hydrogen-bond donors (Lipinski definition) is 3. The van der Waals surface area contributed by atoms with Crippen LogP contribution >= 0.6 is 0 Å². The summed E-state index contributed by atoms with van der Waals surface area (Å²) >= 11 is 0. The standard InChI is InChI=1S/C11H18O5/c1-11(2)15-8-4-6(5-12)3-7(13)9(14)10(8)16-11/h4,7-10,12-14H,3,5H2,1-2H3/t7?,8-,9-,10-/m0/s1. The molecule has 0 amide bonds. The van der Waals surface area contributed by atoms with Crippen LogP contribution < -0.4 is 0 Å². The SMILES string of the molecule is CC1(C)O[C@H]2[C@H](C=C(CO)CC(O)[C@@H]2O)O1. The maximum atomic E-state index is 9.90. The van der Waals surface area contributed by atoms with Gasteiger partial charge < -0.3 is 24.8 Å². The van der Waals surface area contributed by atoms with Gasteiger partial charge in [-0.3, -0.25) is 0 Å². The summed E-state index contributed by atoms with van der Waals surface area (Å²) in [7, 11) is 0. The summed E-state index contributed by atoms with van der Waals surface area (Å²) in [5.41, 5.74) is 0.667. The van der Waals surface area contributed by atoms with Crippen LogP contribution in [-0.2, 0) is 9.47 Å². The summed E-state index contributed by atoms with van der Waals surface area (Å²) < 4.78 is 11.2. The topological polar surface area (TPSA) is 79.2 Å². The Bertz CT molecular complexity index is 299.